The van der Waals surface area contributed by atoms with E-state index >= 15 is 0 Å². The Morgan fingerprint density at radius 1 is 1.00 bits per heavy atom. The Balaban J connectivity index is 1.54. The zero-order chi connectivity index (χ0) is 27.4. The molecule has 0 bridgehead atoms. The summed E-state index contributed by atoms with van der Waals surface area (Å²) in [6.07, 6.45) is 3.00. The highest BCUT2D eigenvalue weighted by molar-refractivity contribution is 5.80. The van der Waals surface area contributed by atoms with E-state index in [1.165, 1.54) is 4.57 Å². The Hall–Kier alpha value is -4.92. The maximum absolute atomic E-state index is 13.9. The summed E-state index contributed by atoms with van der Waals surface area (Å²) in [6, 6.07) is 22.2. The van der Waals surface area contributed by atoms with Crippen molar-refractivity contribution in [3.8, 4) is 34.0 Å². The van der Waals surface area contributed by atoms with E-state index in [-0.39, 0.29) is 11.3 Å². The number of nitrogens with one attached hydrogen (secondary N) is 2. The largest absolute Gasteiger partial charge is 0.508 e. The molecular weight excluding hydrogens is 494 g/mol. The van der Waals surface area contributed by atoms with Gasteiger partial charge in [0.1, 0.15) is 5.75 Å². The van der Waals surface area contributed by atoms with Crippen LogP contribution in [0.15, 0.2) is 86.9 Å². The molecule has 0 aliphatic rings. The van der Waals surface area contributed by atoms with Gasteiger partial charge in [-0.05, 0) is 41.7 Å². The van der Waals surface area contributed by atoms with E-state index in [2.05, 4.69) is 22.4 Å². The first-order valence-corrected chi connectivity index (χ1v) is 12.8. The normalized spacial score (nSPS) is 11.0. The average molecular weight is 524 g/mol. The average Bonchev–Trinajstić information content (AvgIpc) is 3.39. The summed E-state index contributed by atoms with van der Waals surface area (Å²) in [7, 11) is 1.73. The third-order valence-electron chi connectivity index (χ3n) is 6.61. The molecule has 9 nitrogen and oxygen atoms in total. The molecule has 0 atom stereocenters. The monoisotopic (exact) mass is 523 g/mol. The molecule has 0 fully saturated rings. The molecule has 0 aliphatic carbocycles. The van der Waals surface area contributed by atoms with Gasteiger partial charge in [-0.3, -0.25) is 14.3 Å². The van der Waals surface area contributed by atoms with Gasteiger partial charge in [0, 0.05) is 30.7 Å². The van der Waals surface area contributed by atoms with Crippen molar-refractivity contribution in [1.29, 1.82) is 0 Å². The number of anilines is 1. The first kappa shape index (κ1) is 25.7. The maximum atomic E-state index is 13.9. The van der Waals surface area contributed by atoms with Gasteiger partial charge in [0.2, 0.25) is 5.95 Å². The van der Waals surface area contributed by atoms with Gasteiger partial charge in [-0.1, -0.05) is 73.1 Å². The fraction of sp³-hybridized carbons (Fsp3) is 0.200. The zero-order valence-corrected chi connectivity index (χ0v) is 21.8. The van der Waals surface area contributed by atoms with Crippen LogP contribution in [0.25, 0.3) is 28.2 Å². The topological polar surface area (TPSA) is 126 Å². The molecule has 0 unspecified atom stereocenters. The molecule has 2 heterocycles. The molecule has 198 valence electrons. The maximum Gasteiger partial charge on any atom is 0.439 e. The molecular formula is C30H29N5O4. The zero-order valence-electron chi connectivity index (χ0n) is 21.8. The number of aromatic nitrogens is 4. The first-order chi connectivity index (χ1) is 19.0. The Morgan fingerprint density at radius 3 is 2.44 bits per heavy atom. The van der Waals surface area contributed by atoms with E-state index in [0.29, 0.717) is 35.9 Å². The minimum Gasteiger partial charge on any atom is -0.508 e. The molecule has 3 N–H and O–H groups in total. The smallest absolute Gasteiger partial charge is 0.439 e. The molecule has 5 aromatic rings. The highest BCUT2D eigenvalue weighted by atomic mass is 16.5. The molecule has 39 heavy (non-hydrogen) atoms. The summed E-state index contributed by atoms with van der Waals surface area (Å²) >= 11 is 0. The second-order valence-corrected chi connectivity index (χ2v) is 9.24. The summed E-state index contributed by atoms with van der Waals surface area (Å²) < 4.78 is 6.20. The SMILES string of the molecule is CCCCc1nc(NC)n(-c2cccc(O)c2)c(=O)c1Cc1ccc(-c2ccccc2-c2noc(=O)[nH]2)cc1. The number of hydrogen-bond acceptors (Lipinski definition) is 7. The summed E-state index contributed by atoms with van der Waals surface area (Å²) in [5, 5.41) is 16.9. The summed E-state index contributed by atoms with van der Waals surface area (Å²) in [5.74, 6) is 0.258. The number of phenols is 1. The van der Waals surface area contributed by atoms with E-state index < -0.39 is 5.76 Å². The number of rotatable bonds is 9. The van der Waals surface area contributed by atoms with Gasteiger partial charge in [0.25, 0.3) is 5.56 Å². The highest BCUT2D eigenvalue weighted by Crippen LogP contribution is 2.30. The number of unbranched alkanes of at least 4 members (excludes halogenated alkanes) is 1. The van der Waals surface area contributed by atoms with Crippen molar-refractivity contribution in [2.75, 3.05) is 12.4 Å². The van der Waals surface area contributed by atoms with Gasteiger partial charge in [-0.15, -0.1) is 0 Å². The lowest BCUT2D eigenvalue weighted by Gasteiger charge is -2.17. The van der Waals surface area contributed by atoms with E-state index in [9.17, 15) is 14.7 Å². The van der Waals surface area contributed by atoms with Crippen molar-refractivity contribution in [2.24, 2.45) is 0 Å². The molecule has 2 aromatic heterocycles. The van der Waals surface area contributed by atoms with Crippen molar-refractivity contribution >= 4 is 5.95 Å². The molecule has 0 amide bonds. The van der Waals surface area contributed by atoms with E-state index in [4.69, 9.17) is 9.51 Å². The van der Waals surface area contributed by atoms with Crippen molar-refractivity contribution in [2.45, 2.75) is 32.6 Å². The molecule has 3 aromatic carbocycles. The predicted octanol–water partition coefficient (Wildman–Crippen LogP) is 4.92. The molecule has 0 radical (unpaired) electrons. The fourth-order valence-electron chi connectivity index (χ4n) is 4.66. The minimum atomic E-state index is -0.608. The molecule has 9 heteroatoms. The molecule has 0 spiro atoms. The van der Waals surface area contributed by atoms with Crippen molar-refractivity contribution in [3.63, 3.8) is 0 Å². The minimum absolute atomic E-state index is 0.0728. The highest BCUT2D eigenvalue weighted by Gasteiger charge is 2.18. The van der Waals surface area contributed by atoms with Gasteiger partial charge in [-0.25, -0.2) is 14.3 Å². The third kappa shape index (κ3) is 5.38. The lowest BCUT2D eigenvalue weighted by Crippen LogP contribution is -2.28. The second kappa shape index (κ2) is 11.2. The van der Waals surface area contributed by atoms with Crippen LogP contribution in [0.1, 0.15) is 36.6 Å². The van der Waals surface area contributed by atoms with Gasteiger partial charge >= 0.3 is 5.76 Å². The van der Waals surface area contributed by atoms with Gasteiger partial charge in [0.05, 0.1) is 11.4 Å². The number of H-pyrrole nitrogens is 1. The third-order valence-corrected chi connectivity index (χ3v) is 6.61. The number of benzene rings is 3. The Labute approximate surface area is 224 Å². The van der Waals surface area contributed by atoms with Crippen LogP contribution in [-0.2, 0) is 12.8 Å². The van der Waals surface area contributed by atoms with E-state index in [1.807, 2.05) is 48.5 Å². The number of phenolic OH excluding ortho intramolecular Hbond substituents is 1. The predicted molar refractivity (Wildman–Crippen MR) is 150 cm³/mol. The van der Waals surface area contributed by atoms with Gasteiger partial charge in [-0.2, -0.15) is 0 Å². The van der Waals surface area contributed by atoms with E-state index in [1.54, 1.807) is 31.3 Å². The van der Waals surface area contributed by atoms with Crippen LogP contribution < -0.4 is 16.6 Å². The molecule has 0 aliphatic heterocycles. The van der Waals surface area contributed by atoms with Crippen LogP contribution in [-0.4, -0.2) is 31.8 Å². The number of hydrogen-bond donors (Lipinski definition) is 3. The number of aryl methyl sites for hydroxylation is 1. The van der Waals surface area contributed by atoms with Crippen molar-refractivity contribution in [3.05, 3.63) is 111 Å². The first-order valence-electron chi connectivity index (χ1n) is 12.8. The molecule has 5 rings (SSSR count). The number of aromatic hydroxyl groups is 1. The van der Waals surface area contributed by atoms with Crippen LogP contribution in [0.5, 0.6) is 5.75 Å². The van der Waals surface area contributed by atoms with Gasteiger partial charge in [0.15, 0.2) is 5.82 Å². The Kier molecular flexibility index (Phi) is 7.40. The van der Waals surface area contributed by atoms with Crippen LogP contribution in [0.4, 0.5) is 5.95 Å². The standard InChI is InChI=1S/C30H29N5O4/c1-3-4-12-26-25(28(37)35(29(31-2)32-26)21-8-7-9-22(36)18-21)17-19-13-15-20(16-14-19)23-10-5-6-11-24(23)27-33-30(38)39-34-27/h5-11,13-16,18,36H,3-4,12,17H2,1-2H3,(H,31,32)(H,33,34,38). The van der Waals surface area contributed by atoms with Crippen LogP contribution in [0.2, 0.25) is 0 Å². The summed E-state index contributed by atoms with van der Waals surface area (Å²) in [6.45, 7) is 2.11. The Bertz CT molecular complexity index is 1720. The fourth-order valence-corrected chi connectivity index (χ4v) is 4.66. The summed E-state index contributed by atoms with van der Waals surface area (Å²) in [4.78, 5) is 32.8. The van der Waals surface area contributed by atoms with Crippen LogP contribution >= 0.6 is 0 Å². The lowest BCUT2D eigenvalue weighted by atomic mass is 9.96. The summed E-state index contributed by atoms with van der Waals surface area (Å²) in [5.41, 5.74) is 5.30. The number of aromatic amines is 1. The van der Waals surface area contributed by atoms with Gasteiger partial charge < -0.3 is 10.4 Å². The van der Waals surface area contributed by atoms with E-state index in [0.717, 1.165) is 40.8 Å². The van der Waals surface area contributed by atoms with Crippen molar-refractivity contribution < 1.29 is 9.63 Å². The second-order valence-electron chi connectivity index (χ2n) is 9.24. The quantitative estimate of drug-likeness (QED) is 0.250. The van der Waals surface area contributed by atoms with Crippen LogP contribution in [0, 0.1) is 0 Å². The molecule has 0 saturated heterocycles. The van der Waals surface area contributed by atoms with Crippen molar-refractivity contribution in [1.82, 2.24) is 19.7 Å². The molecule has 0 saturated carbocycles. The lowest BCUT2D eigenvalue weighted by molar-refractivity contribution is 0.388. The van der Waals surface area contributed by atoms with Crippen LogP contribution in [0.3, 0.4) is 0 Å². The Morgan fingerprint density at radius 2 is 1.77 bits per heavy atom. The number of nitrogens with zero attached hydrogens (tertiary/aromatic N) is 3.